The van der Waals surface area contributed by atoms with Gasteiger partial charge in [-0.05, 0) is 36.8 Å². The molecule has 1 N–H and O–H groups in total. The predicted molar refractivity (Wildman–Crippen MR) is 105 cm³/mol. The molecule has 2 aromatic carbocycles. The third-order valence-electron chi connectivity index (χ3n) is 4.48. The van der Waals surface area contributed by atoms with Crippen LogP contribution in [0.25, 0.3) is 0 Å². The first-order valence-corrected chi connectivity index (χ1v) is 10.6. The SMILES string of the molecule is CC(NC(=O)COc1ccc(S(=O)(=O)N2CCOCC2)cc1)c1ccccc1. The Kier molecular flexibility index (Phi) is 6.66. The van der Waals surface area contributed by atoms with Crippen molar-refractivity contribution in [1.82, 2.24) is 9.62 Å². The number of sulfonamides is 1. The van der Waals surface area contributed by atoms with Crippen LogP contribution < -0.4 is 10.1 Å². The van der Waals surface area contributed by atoms with Gasteiger partial charge in [0, 0.05) is 13.1 Å². The molecule has 28 heavy (non-hydrogen) atoms. The van der Waals surface area contributed by atoms with Crippen molar-refractivity contribution in [2.75, 3.05) is 32.9 Å². The Balaban J connectivity index is 1.53. The van der Waals surface area contributed by atoms with E-state index in [-0.39, 0.29) is 23.5 Å². The third kappa shape index (κ3) is 5.09. The summed E-state index contributed by atoms with van der Waals surface area (Å²) < 4.78 is 37.3. The number of amides is 1. The molecule has 0 saturated carbocycles. The molecule has 1 heterocycles. The number of carbonyl (C=O) groups is 1. The Labute approximate surface area is 165 Å². The number of rotatable bonds is 7. The standard InChI is InChI=1S/C20H24N2O5S/c1-16(17-5-3-2-4-6-17)21-20(23)15-27-18-7-9-19(10-8-18)28(24,25)22-11-13-26-14-12-22/h2-10,16H,11-15H2,1H3,(H,21,23). The number of nitrogens with zero attached hydrogens (tertiary/aromatic N) is 1. The number of hydrogen-bond acceptors (Lipinski definition) is 5. The molecule has 3 rings (SSSR count). The summed E-state index contributed by atoms with van der Waals surface area (Å²) in [4.78, 5) is 12.3. The molecule has 0 bridgehead atoms. The summed E-state index contributed by atoms with van der Waals surface area (Å²) in [7, 11) is -3.54. The van der Waals surface area contributed by atoms with E-state index in [1.807, 2.05) is 37.3 Å². The van der Waals surface area contributed by atoms with Crippen LogP contribution in [0.1, 0.15) is 18.5 Å². The fourth-order valence-corrected chi connectivity index (χ4v) is 4.31. The number of ether oxygens (including phenoxy) is 2. The summed E-state index contributed by atoms with van der Waals surface area (Å²) in [6, 6.07) is 15.6. The van der Waals surface area contributed by atoms with Crippen LogP contribution in [-0.2, 0) is 19.6 Å². The van der Waals surface area contributed by atoms with E-state index in [1.54, 1.807) is 12.1 Å². The largest absolute Gasteiger partial charge is 0.484 e. The maximum absolute atomic E-state index is 12.6. The lowest BCUT2D eigenvalue weighted by Gasteiger charge is -2.26. The molecule has 1 aliphatic rings. The van der Waals surface area contributed by atoms with E-state index in [2.05, 4.69) is 5.32 Å². The minimum atomic E-state index is -3.54. The average Bonchev–Trinajstić information content (AvgIpc) is 2.74. The van der Waals surface area contributed by atoms with Gasteiger partial charge < -0.3 is 14.8 Å². The van der Waals surface area contributed by atoms with E-state index in [4.69, 9.17) is 9.47 Å². The molecule has 0 aliphatic carbocycles. The fraction of sp³-hybridized carbons (Fsp3) is 0.350. The number of nitrogens with one attached hydrogen (secondary N) is 1. The van der Waals surface area contributed by atoms with Crippen LogP contribution >= 0.6 is 0 Å². The van der Waals surface area contributed by atoms with Crippen LogP contribution in [0.4, 0.5) is 0 Å². The topological polar surface area (TPSA) is 84.9 Å². The van der Waals surface area contributed by atoms with Gasteiger partial charge in [0.1, 0.15) is 5.75 Å². The first-order chi connectivity index (χ1) is 13.5. The minimum absolute atomic E-state index is 0.127. The molecule has 0 spiro atoms. The first-order valence-electron chi connectivity index (χ1n) is 9.12. The molecule has 7 nitrogen and oxygen atoms in total. The second-order valence-electron chi connectivity index (χ2n) is 6.48. The Hall–Kier alpha value is -2.42. The monoisotopic (exact) mass is 404 g/mol. The van der Waals surface area contributed by atoms with Gasteiger partial charge in [-0.25, -0.2) is 8.42 Å². The summed E-state index contributed by atoms with van der Waals surface area (Å²) in [5, 5.41) is 2.87. The Morgan fingerprint density at radius 3 is 2.39 bits per heavy atom. The molecule has 1 amide bonds. The maximum Gasteiger partial charge on any atom is 0.258 e. The van der Waals surface area contributed by atoms with Crippen molar-refractivity contribution in [2.24, 2.45) is 0 Å². The predicted octanol–water partition coefficient (Wildman–Crippen LogP) is 1.96. The van der Waals surface area contributed by atoms with Crippen molar-refractivity contribution in [1.29, 1.82) is 0 Å². The average molecular weight is 404 g/mol. The summed E-state index contributed by atoms with van der Waals surface area (Å²) in [5.74, 6) is 0.185. The molecule has 1 aliphatic heterocycles. The highest BCUT2D eigenvalue weighted by Crippen LogP contribution is 2.20. The van der Waals surface area contributed by atoms with E-state index in [0.29, 0.717) is 32.1 Å². The highest BCUT2D eigenvalue weighted by Gasteiger charge is 2.26. The van der Waals surface area contributed by atoms with Crippen LogP contribution in [0.15, 0.2) is 59.5 Å². The fourth-order valence-electron chi connectivity index (χ4n) is 2.90. The number of hydrogen-bond donors (Lipinski definition) is 1. The molecule has 0 radical (unpaired) electrons. The van der Waals surface area contributed by atoms with E-state index in [1.165, 1.54) is 16.4 Å². The molecule has 0 aromatic heterocycles. The van der Waals surface area contributed by atoms with Crippen molar-refractivity contribution in [2.45, 2.75) is 17.9 Å². The maximum atomic E-state index is 12.6. The highest BCUT2D eigenvalue weighted by atomic mass is 32.2. The van der Waals surface area contributed by atoms with E-state index in [0.717, 1.165) is 5.56 Å². The van der Waals surface area contributed by atoms with Crippen LogP contribution in [0.5, 0.6) is 5.75 Å². The Morgan fingerprint density at radius 2 is 1.75 bits per heavy atom. The number of benzene rings is 2. The molecule has 1 atom stereocenters. The molecule has 1 fully saturated rings. The lowest BCUT2D eigenvalue weighted by Crippen LogP contribution is -2.40. The minimum Gasteiger partial charge on any atom is -0.484 e. The van der Waals surface area contributed by atoms with Gasteiger partial charge in [-0.2, -0.15) is 4.31 Å². The molecule has 1 unspecified atom stereocenters. The lowest BCUT2D eigenvalue weighted by atomic mass is 10.1. The van der Waals surface area contributed by atoms with Gasteiger partial charge in [-0.3, -0.25) is 4.79 Å². The second kappa shape index (κ2) is 9.18. The number of morpholine rings is 1. The molecular weight excluding hydrogens is 380 g/mol. The second-order valence-corrected chi connectivity index (χ2v) is 8.41. The Bertz CT molecular complexity index is 879. The van der Waals surface area contributed by atoms with Gasteiger partial charge in [0.2, 0.25) is 10.0 Å². The van der Waals surface area contributed by atoms with Gasteiger partial charge in [0.25, 0.3) is 5.91 Å². The quantitative estimate of drug-likeness (QED) is 0.763. The molecular formula is C20H24N2O5S. The first kappa shape index (κ1) is 20.3. The summed E-state index contributed by atoms with van der Waals surface area (Å²) in [6.45, 7) is 3.25. The smallest absolute Gasteiger partial charge is 0.258 e. The van der Waals surface area contributed by atoms with Gasteiger partial charge in [-0.1, -0.05) is 30.3 Å². The Morgan fingerprint density at radius 1 is 1.11 bits per heavy atom. The van der Waals surface area contributed by atoms with Crippen molar-refractivity contribution in [3.63, 3.8) is 0 Å². The summed E-state index contributed by atoms with van der Waals surface area (Å²) >= 11 is 0. The van der Waals surface area contributed by atoms with Crippen molar-refractivity contribution in [3.05, 3.63) is 60.2 Å². The van der Waals surface area contributed by atoms with Gasteiger partial charge in [-0.15, -0.1) is 0 Å². The third-order valence-corrected chi connectivity index (χ3v) is 6.39. The van der Waals surface area contributed by atoms with Crippen LogP contribution in [0, 0.1) is 0 Å². The zero-order chi connectivity index (χ0) is 20.0. The van der Waals surface area contributed by atoms with E-state index < -0.39 is 10.0 Å². The van der Waals surface area contributed by atoms with Crippen LogP contribution in [0.3, 0.4) is 0 Å². The molecule has 1 saturated heterocycles. The van der Waals surface area contributed by atoms with Gasteiger partial charge >= 0.3 is 0 Å². The zero-order valence-electron chi connectivity index (χ0n) is 15.7. The molecule has 150 valence electrons. The van der Waals surface area contributed by atoms with Crippen molar-refractivity contribution >= 4 is 15.9 Å². The zero-order valence-corrected chi connectivity index (χ0v) is 16.5. The molecule has 8 heteroatoms. The van der Waals surface area contributed by atoms with Gasteiger partial charge in [0.15, 0.2) is 6.61 Å². The van der Waals surface area contributed by atoms with Crippen LogP contribution in [-0.4, -0.2) is 51.5 Å². The summed E-state index contributed by atoms with van der Waals surface area (Å²) in [5.41, 5.74) is 1.01. The van der Waals surface area contributed by atoms with Crippen molar-refractivity contribution in [3.8, 4) is 5.75 Å². The molecule has 2 aromatic rings. The highest BCUT2D eigenvalue weighted by molar-refractivity contribution is 7.89. The van der Waals surface area contributed by atoms with E-state index >= 15 is 0 Å². The normalized spacial score (nSPS) is 16.3. The van der Waals surface area contributed by atoms with Crippen LogP contribution in [0.2, 0.25) is 0 Å². The van der Waals surface area contributed by atoms with Gasteiger partial charge in [0.05, 0.1) is 24.2 Å². The van der Waals surface area contributed by atoms with Crippen molar-refractivity contribution < 1.29 is 22.7 Å². The lowest BCUT2D eigenvalue weighted by molar-refractivity contribution is -0.123. The number of carbonyl (C=O) groups excluding carboxylic acids is 1. The summed E-state index contributed by atoms with van der Waals surface area (Å²) in [6.07, 6.45) is 0. The van der Waals surface area contributed by atoms with E-state index in [9.17, 15) is 13.2 Å².